The van der Waals surface area contributed by atoms with Crippen LogP contribution in [-0.4, -0.2) is 48.3 Å². The monoisotopic (exact) mass is 571 g/mol. The molecule has 5 rings (SSSR count). The molecule has 2 unspecified atom stereocenters. The molecule has 0 aromatic heterocycles. The van der Waals surface area contributed by atoms with Crippen molar-refractivity contribution in [1.29, 1.82) is 0 Å². The van der Waals surface area contributed by atoms with Crippen molar-refractivity contribution in [3.05, 3.63) is 41.5 Å². The Morgan fingerprint density at radius 2 is 1.50 bits per heavy atom. The summed E-state index contributed by atoms with van der Waals surface area (Å²) in [5.41, 5.74) is -0.934. The lowest BCUT2D eigenvalue weighted by Gasteiger charge is -2.48. The number of amides is 1. The molecule has 0 N–H and O–H groups in total. The molecule has 2 atom stereocenters. The van der Waals surface area contributed by atoms with Crippen LogP contribution in [-0.2, 0) is 15.7 Å². The third-order valence-electron chi connectivity index (χ3n) is 8.69. The summed E-state index contributed by atoms with van der Waals surface area (Å²) in [5.74, 6) is -2.94. The molecule has 2 aromatic carbocycles. The van der Waals surface area contributed by atoms with Crippen molar-refractivity contribution in [2.45, 2.75) is 88.3 Å². The highest BCUT2D eigenvalue weighted by atomic mass is 19.4. The largest absolute Gasteiger partial charge is 0.490 e. The highest BCUT2D eigenvalue weighted by Crippen LogP contribution is 2.45. The van der Waals surface area contributed by atoms with Gasteiger partial charge in [0, 0.05) is 17.6 Å². The van der Waals surface area contributed by atoms with E-state index in [0.29, 0.717) is 25.7 Å². The van der Waals surface area contributed by atoms with Crippen LogP contribution < -0.4 is 4.74 Å². The first-order chi connectivity index (χ1) is 18.9. The molecule has 3 aliphatic rings. The van der Waals surface area contributed by atoms with E-state index in [1.54, 1.807) is 4.90 Å². The summed E-state index contributed by atoms with van der Waals surface area (Å²) in [5, 5.41) is 0.0658. The summed E-state index contributed by atoms with van der Waals surface area (Å²) >= 11 is 0. The van der Waals surface area contributed by atoms with Crippen LogP contribution in [0.1, 0.15) is 73.7 Å². The van der Waals surface area contributed by atoms with Gasteiger partial charge in [0.15, 0.2) is 0 Å². The van der Waals surface area contributed by atoms with Gasteiger partial charge in [-0.1, -0.05) is 12.1 Å². The summed E-state index contributed by atoms with van der Waals surface area (Å²) in [6.45, 7) is 0. The van der Waals surface area contributed by atoms with Crippen molar-refractivity contribution in [3.63, 3.8) is 0 Å². The van der Waals surface area contributed by atoms with Gasteiger partial charge in [-0.2, -0.15) is 26.3 Å². The molecule has 1 aliphatic carbocycles. The maximum atomic E-state index is 14.4. The van der Waals surface area contributed by atoms with Crippen LogP contribution in [0.3, 0.4) is 0 Å². The van der Waals surface area contributed by atoms with Crippen LogP contribution in [0.5, 0.6) is 5.75 Å². The number of benzene rings is 2. The lowest BCUT2D eigenvalue weighted by atomic mass is 9.78. The van der Waals surface area contributed by atoms with Gasteiger partial charge < -0.3 is 14.4 Å². The van der Waals surface area contributed by atoms with Gasteiger partial charge in [-0.05, 0) is 86.8 Å². The Morgan fingerprint density at radius 1 is 0.875 bits per heavy atom. The molecule has 0 spiro atoms. The average molecular weight is 572 g/mol. The molecular weight excluding hydrogens is 540 g/mol. The van der Waals surface area contributed by atoms with Crippen LogP contribution in [0, 0.1) is 11.8 Å². The number of alkyl halides is 6. The lowest BCUT2D eigenvalue weighted by Crippen LogP contribution is -2.55. The highest BCUT2D eigenvalue weighted by molar-refractivity contribution is 6.00. The summed E-state index contributed by atoms with van der Waals surface area (Å²) in [7, 11) is 1.33. The SMILES string of the molecule is COC(=O)C1CC2CCCC(C1)N2C(=O)c1ccc2ccc(OC3CCC(C(F)(F)F)CC3)c(C(F)(F)F)c2c1. The predicted molar refractivity (Wildman–Crippen MR) is 134 cm³/mol. The number of fused-ring (bicyclic) bond motifs is 3. The van der Waals surface area contributed by atoms with Crippen LogP contribution >= 0.6 is 0 Å². The first kappa shape index (κ1) is 28.5. The topological polar surface area (TPSA) is 55.8 Å². The lowest BCUT2D eigenvalue weighted by molar-refractivity contribution is -0.185. The second-order valence-corrected chi connectivity index (χ2v) is 11.1. The van der Waals surface area contributed by atoms with E-state index < -0.39 is 35.7 Å². The highest BCUT2D eigenvalue weighted by Gasteiger charge is 2.45. The van der Waals surface area contributed by atoms with Crippen molar-refractivity contribution in [2.75, 3.05) is 7.11 Å². The predicted octanol–water partition coefficient (Wildman–Crippen LogP) is 7.30. The Kier molecular flexibility index (Phi) is 7.69. The van der Waals surface area contributed by atoms with Crippen LogP contribution in [0.15, 0.2) is 30.3 Å². The van der Waals surface area contributed by atoms with Crippen LogP contribution in [0.4, 0.5) is 26.3 Å². The number of hydrogen-bond donors (Lipinski definition) is 0. The molecule has 3 fully saturated rings. The number of nitrogens with zero attached hydrogens (tertiary/aromatic N) is 1. The molecule has 2 bridgehead atoms. The van der Waals surface area contributed by atoms with Crippen molar-refractivity contribution in [1.82, 2.24) is 4.90 Å². The third kappa shape index (κ3) is 5.61. The maximum Gasteiger partial charge on any atom is 0.420 e. The van der Waals surface area contributed by atoms with Gasteiger partial charge in [0.2, 0.25) is 0 Å². The molecular formula is C29H31F6NO4. The fourth-order valence-corrected chi connectivity index (χ4v) is 6.73. The smallest absolute Gasteiger partial charge is 0.420 e. The van der Waals surface area contributed by atoms with E-state index >= 15 is 0 Å². The number of hydrogen-bond acceptors (Lipinski definition) is 4. The minimum absolute atomic E-state index is 0.00232. The van der Waals surface area contributed by atoms with E-state index in [2.05, 4.69) is 0 Å². The molecule has 2 aromatic rings. The van der Waals surface area contributed by atoms with Gasteiger partial charge in [-0.25, -0.2) is 0 Å². The standard InChI is InChI=1S/C29H31F6NO4/c1-39-27(38)18-13-20-3-2-4-21(14-18)36(20)26(37)17-6-5-16-7-12-24(25(23(16)15-17)29(33,34)35)40-22-10-8-19(9-11-22)28(30,31)32/h5-7,12,15,18-22H,2-4,8-11,13-14H2,1H3. The van der Waals surface area contributed by atoms with Gasteiger partial charge in [0.1, 0.15) is 11.3 Å². The van der Waals surface area contributed by atoms with Gasteiger partial charge in [0.25, 0.3) is 5.91 Å². The number of carbonyl (C=O) groups excluding carboxylic acids is 2. The molecule has 40 heavy (non-hydrogen) atoms. The zero-order valence-electron chi connectivity index (χ0n) is 22.0. The molecule has 2 saturated heterocycles. The Bertz CT molecular complexity index is 1250. The molecule has 5 nitrogen and oxygen atoms in total. The van der Waals surface area contributed by atoms with E-state index in [-0.39, 0.29) is 71.9 Å². The van der Waals surface area contributed by atoms with Gasteiger partial charge in [-0.15, -0.1) is 0 Å². The molecule has 218 valence electrons. The maximum absolute atomic E-state index is 14.4. The zero-order valence-corrected chi connectivity index (χ0v) is 22.0. The molecule has 1 saturated carbocycles. The second kappa shape index (κ2) is 10.8. The molecule has 1 amide bonds. The Balaban J connectivity index is 1.43. The number of halogens is 6. The van der Waals surface area contributed by atoms with E-state index in [1.807, 2.05) is 0 Å². The fourth-order valence-electron chi connectivity index (χ4n) is 6.73. The van der Waals surface area contributed by atoms with Gasteiger partial charge in [-0.3, -0.25) is 9.59 Å². The average Bonchev–Trinajstić information content (AvgIpc) is 2.90. The zero-order chi connectivity index (χ0) is 28.8. The Labute approximate surface area is 227 Å². The summed E-state index contributed by atoms with van der Waals surface area (Å²) < 4.78 is 92.9. The molecule has 11 heteroatoms. The minimum atomic E-state index is -4.82. The second-order valence-electron chi connectivity index (χ2n) is 11.1. The molecule has 2 aliphatic heterocycles. The number of rotatable bonds is 4. The van der Waals surface area contributed by atoms with Crippen molar-refractivity contribution in [2.24, 2.45) is 11.8 Å². The number of ether oxygens (including phenoxy) is 2. The van der Waals surface area contributed by atoms with Crippen LogP contribution in [0.25, 0.3) is 10.8 Å². The normalized spacial score (nSPS) is 27.4. The fraction of sp³-hybridized carbons (Fsp3) is 0.586. The number of carbonyl (C=O) groups is 2. The van der Waals surface area contributed by atoms with Crippen molar-refractivity contribution >= 4 is 22.6 Å². The molecule has 0 radical (unpaired) electrons. The number of piperidine rings is 2. The van der Waals surface area contributed by atoms with E-state index in [9.17, 15) is 35.9 Å². The van der Waals surface area contributed by atoms with E-state index in [4.69, 9.17) is 9.47 Å². The Morgan fingerprint density at radius 3 is 2.08 bits per heavy atom. The summed E-state index contributed by atoms with van der Waals surface area (Å²) in [6.07, 6.45) is -7.12. The first-order valence-corrected chi connectivity index (χ1v) is 13.6. The summed E-state index contributed by atoms with van der Waals surface area (Å²) in [6, 6.07) is 6.46. The van der Waals surface area contributed by atoms with Gasteiger partial charge in [0.05, 0.1) is 25.0 Å². The van der Waals surface area contributed by atoms with E-state index in [0.717, 1.165) is 6.42 Å². The van der Waals surface area contributed by atoms with Crippen molar-refractivity contribution in [3.8, 4) is 5.75 Å². The minimum Gasteiger partial charge on any atom is -0.490 e. The number of methoxy groups -OCH3 is 1. The summed E-state index contributed by atoms with van der Waals surface area (Å²) in [4.78, 5) is 27.6. The third-order valence-corrected chi connectivity index (χ3v) is 8.69. The molecule has 2 heterocycles. The van der Waals surface area contributed by atoms with Crippen molar-refractivity contribution < 1.29 is 45.4 Å². The quantitative estimate of drug-likeness (QED) is 0.285. The Hall–Kier alpha value is -2.98. The van der Waals surface area contributed by atoms with E-state index in [1.165, 1.54) is 37.4 Å². The first-order valence-electron chi connectivity index (χ1n) is 13.6. The number of esters is 1. The van der Waals surface area contributed by atoms with Gasteiger partial charge >= 0.3 is 18.3 Å². The van der Waals surface area contributed by atoms with Crippen LogP contribution in [0.2, 0.25) is 0 Å².